The number of hydrogen-bond donors (Lipinski definition) is 3. The number of morpholine rings is 1. The van der Waals surface area contributed by atoms with Crippen LogP contribution in [0.25, 0.3) is 0 Å². The zero-order chi connectivity index (χ0) is 21.1. The van der Waals surface area contributed by atoms with Gasteiger partial charge < -0.3 is 20.5 Å². The predicted molar refractivity (Wildman–Crippen MR) is 114 cm³/mol. The summed E-state index contributed by atoms with van der Waals surface area (Å²) in [7, 11) is 0. The lowest BCUT2D eigenvalue weighted by Crippen LogP contribution is -2.63. The highest BCUT2D eigenvalue weighted by molar-refractivity contribution is 6.30. The molecule has 4 rings (SSSR count). The molecule has 2 aromatic carbocycles. The fraction of sp³-hybridized carbons (Fsp3) is 0.333. The molecule has 158 valence electrons. The first-order valence-electron chi connectivity index (χ1n) is 9.77. The molecule has 0 unspecified atom stereocenters. The summed E-state index contributed by atoms with van der Waals surface area (Å²) in [5, 5.41) is 17.7. The Bertz CT molecular complexity index is 933. The van der Waals surface area contributed by atoms with Crippen LogP contribution in [-0.4, -0.2) is 61.3 Å². The number of fused-ring (bicyclic) bond motifs is 1. The third-order valence-electron chi connectivity index (χ3n) is 5.29. The molecule has 1 fully saturated rings. The molecular formula is C21H23ClN4O4. The van der Waals surface area contributed by atoms with Gasteiger partial charge in [-0.1, -0.05) is 29.8 Å². The monoisotopic (exact) mass is 430 g/mol. The molecule has 1 saturated heterocycles. The molecule has 0 aromatic heterocycles. The van der Waals surface area contributed by atoms with E-state index in [-0.39, 0.29) is 0 Å². The molecule has 0 spiro atoms. The second-order valence-electron chi connectivity index (χ2n) is 7.17. The van der Waals surface area contributed by atoms with Crippen LogP contribution < -0.4 is 15.5 Å². The minimum absolute atomic E-state index is 0.295. The van der Waals surface area contributed by atoms with Crippen LogP contribution in [0.15, 0.2) is 48.5 Å². The predicted octanol–water partition coefficient (Wildman–Crippen LogP) is 1.99. The van der Waals surface area contributed by atoms with Gasteiger partial charge in [0.1, 0.15) is 0 Å². The average Bonchev–Trinajstić information content (AvgIpc) is 2.75. The normalized spacial score (nSPS) is 21.7. The van der Waals surface area contributed by atoms with Gasteiger partial charge >= 0.3 is 6.03 Å². The van der Waals surface area contributed by atoms with Crippen LogP contribution in [0.4, 0.5) is 16.2 Å². The first-order valence-corrected chi connectivity index (χ1v) is 10.1. The largest absolute Gasteiger partial charge is 0.379 e. The molecule has 1 atom stereocenters. The topological polar surface area (TPSA) is 94.1 Å². The van der Waals surface area contributed by atoms with Crippen molar-refractivity contribution >= 4 is 34.9 Å². The number of urea groups is 1. The van der Waals surface area contributed by atoms with Crippen LogP contribution in [0.3, 0.4) is 0 Å². The van der Waals surface area contributed by atoms with Crippen molar-refractivity contribution in [2.75, 3.05) is 49.6 Å². The summed E-state index contributed by atoms with van der Waals surface area (Å²) in [5.41, 5.74) is -1.18. The van der Waals surface area contributed by atoms with Crippen molar-refractivity contribution in [1.29, 1.82) is 0 Å². The van der Waals surface area contributed by atoms with Gasteiger partial charge in [0.15, 0.2) is 0 Å². The molecule has 3 amide bonds. The van der Waals surface area contributed by atoms with Gasteiger partial charge in [0.2, 0.25) is 0 Å². The number of amides is 3. The minimum Gasteiger partial charge on any atom is -0.379 e. The number of ether oxygens (including phenoxy) is 1. The Morgan fingerprint density at radius 3 is 2.60 bits per heavy atom. The summed E-state index contributed by atoms with van der Waals surface area (Å²) in [5.74, 6) is -0.673. The average molecular weight is 431 g/mol. The molecule has 0 saturated carbocycles. The quantitative estimate of drug-likeness (QED) is 0.674. The van der Waals surface area contributed by atoms with Crippen LogP contribution in [0.2, 0.25) is 5.02 Å². The summed E-state index contributed by atoms with van der Waals surface area (Å²) < 4.78 is 5.33. The number of anilines is 2. The third-order valence-corrected chi connectivity index (χ3v) is 5.54. The maximum absolute atomic E-state index is 13.3. The molecule has 2 aliphatic rings. The second kappa shape index (κ2) is 8.61. The number of hydrogen-bond acceptors (Lipinski definition) is 5. The number of aliphatic hydroxyl groups is 1. The van der Waals surface area contributed by atoms with Gasteiger partial charge in [-0.2, -0.15) is 0 Å². The highest BCUT2D eigenvalue weighted by atomic mass is 35.5. The summed E-state index contributed by atoms with van der Waals surface area (Å²) in [6, 6.07) is 12.5. The van der Waals surface area contributed by atoms with Gasteiger partial charge in [0, 0.05) is 42.5 Å². The van der Waals surface area contributed by atoms with Gasteiger partial charge in [-0.3, -0.25) is 14.6 Å². The molecule has 0 bridgehead atoms. The van der Waals surface area contributed by atoms with Crippen molar-refractivity contribution in [1.82, 2.24) is 10.2 Å². The smallest absolute Gasteiger partial charge is 0.329 e. The van der Waals surface area contributed by atoms with Gasteiger partial charge in [0.25, 0.3) is 11.6 Å². The zero-order valence-electron chi connectivity index (χ0n) is 16.3. The molecule has 30 heavy (non-hydrogen) atoms. The van der Waals surface area contributed by atoms with Crippen molar-refractivity contribution in [3.63, 3.8) is 0 Å². The van der Waals surface area contributed by atoms with Crippen LogP contribution in [-0.2, 0) is 15.3 Å². The molecule has 2 aromatic rings. The summed E-state index contributed by atoms with van der Waals surface area (Å²) in [4.78, 5) is 29.4. The first-order chi connectivity index (χ1) is 14.5. The molecule has 2 heterocycles. The van der Waals surface area contributed by atoms with E-state index in [0.717, 1.165) is 18.0 Å². The van der Waals surface area contributed by atoms with E-state index in [0.29, 0.717) is 48.3 Å². The Kier molecular flexibility index (Phi) is 5.92. The van der Waals surface area contributed by atoms with Gasteiger partial charge in [-0.15, -0.1) is 0 Å². The lowest BCUT2D eigenvalue weighted by molar-refractivity contribution is -0.140. The van der Waals surface area contributed by atoms with Crippen molar-refractivity contribution < 1.29 is 19.4 Å². The highest BCUT2D eigenvalue weighted by Crippen LogP contribution is 2.39. The SMILES string of the molecule is O=C1Nc2ccccc2[C@@](O)(C(=O)NCCN2CCOCC2)N1c1ccc(Cl)cc1. The maximum Gasteiger partial charge on any atom is 0.329 e. The van der Waals surface area contributed by atoms with Crippen LogP contribution in [0, 0.1) is 0 Å². The van der Waals surface area contributed by atoms with Gasteiger partial charge in [-0.25, -0.2) is 4.79 Å². The van der Waals surface area contributed by atoms with E-state index in [9.17, 15) is 14.7 Å². The Morgan fingerprint density at radius 1 is 1.17 bits per heavy atom. The molecule has 8 nitrogen and oxygen atoms in total. The van der Waals surface area contributed by atoms with Crippen LogP contribution in [0.5, 0.6) is 0 Å². The number of carbonyl (C=O) groups is 2. The molecule has 0 aliphatic carbocycles. The van der Waals surface area contributed by atoms with E-state index in [4.69, 9.17) is 16.3 Å². The summed E-state index contributed by atoms with van der Waals surface area (Å²) in [6.45, 7) is 3.87. The van der Waals surface area contributed by atoms with Crippen molar-refractivity contribution in [3.05, 3.63) is 59.1 Å². The molecule has 0 radical (unpaired) electrons. The molecule has 2 aliphatic heterocycles. The maximum atomic E-state index is 13.3. The number of halogens is 1. The van der Waals surface area contributed by atoms with E-state index in [1.54, 1.807) is 48.5 Å². The number of carbonyl (C=O) groups excluding carboxylic acids is 2. The van der Waals surface area contributed by atoms with Gasteiger partial charge in [-0.05, 0) is 30.3 Å². The van der Waals surface area contributed by atoms with E-state index < -0.39 is 17.7 Å². The van der Waals surface area contributed by atoms with E-state index in [2.05, 4.69) is 15.5 Å². The first kappa shape index (κ1) is 20.6. The minimum atomic E-state index is -2.21. The Hall–Kier alpha value is -2.65. The van der Waals surface area contributed by atoms with E-state index in [1.165, 1.54) is 0 Å². The van der Waals surface area contributed by atoms with Crippen LogP contribution >= 0.6 is 11.6 Å². The Balaban J connectivity index is 1.63. The number of rotatable bonds is 5. The summed E-state index contributed by atoms with van der Waals surface area (Å²) >= 11 is 5.97. The van der Waals surface area contributed by atoms with E-state index >= 15 is 0 Å². The fourth-order valence-corrected chi connectivity index (χ4v) is 3.85. The number of nitrogens with one attached hydrogen (secondary N) is 2. The number of para-hydroxylation sites is 1. The van der Waals surface area contributed by atoms with Crippen molar-refractivity contribution in [2.24, 2.45) is 0 Å². The standard InChI is InChI=1S/C21H23ClN4O4/c22-15-5-7-16(8-6-15)26-20(28)24-18-4-2-1-3-17(18)21(26,29)19(27)23-9-10-25-11-13-30-14-12-25/h1-8,29H,9-14H2,(H,23,27)(H,24,28)/t21-/m1/s1. The van der Waals surface area contributed by atoms with Crippen LogP contribution in [0.1, 0.15) is 5.56 Å². The zero-order valence-corrected chi connectivity index (χ0v) is 17.1. The van der Waals surface area contributed by atoms with E-state index in [1.807, 2.05) is 0 Å². The fourth-order valence-electron chi connectivity index (χ4n) is 3.73. The summed E-state index contributed by atoms with van der Waals surface area (Å²) in [6.07, 6.45) is 0. The lowest BCUT2D eigenvalue weighted by Gasteiger charge is -2.42. The Labute approximate surface area is 179 Å². The lowest BCUT2D eigenvalue weighted by atomic mass is 9.95. The molecule has 3 N–H and O–H groups in total. The second-order valence-corrected chi connectivity index (χ2v) is 7.61. The van der Waals surface area contributed by atoms with Crippen molar-refractivity contribution in [3.8, 4) is 0 Å². The molecular weight excluding hydrogens is 408 g/mol. The molecule has 9 heteroatoms. The Morgan fingerprint density at radius 2 is 1.87 bits per heavy atom. The van der Waals surface area contributed by atoms with Gasteiger partial charge in [0.05, 0.1) is 18.9 Å². The number of nitrogens with zero attached hydrogens (tertiary/aromatic N) is 2. The third kappa shape index (κ3) is 3.87. The number of benzene rings is 2. The highest BCUT2D eigenvalue weighted by Gasteiger charge is 2.51. The van der Waals surface area contributed by atoms with Crippen molar-refractivity contribution in [2.45, 2.75) is 5.72 Å².